The molecule has 0 radical (unpaired) electrons. The van der Waals surface area contributed by atoms with Crippen molar-refractivity contribution in [3.63, 3.8) is 0 Å². The number of rotatable bonds is 3. The van der Waals surface area contributed by atoms with Crippen LogP contribution in [0.3, 0.4) is 0 Å². The molecule has 1 saturated heterocycles. The third kappa shape index (κ3) is 3.20. The molecule has 0 spiro atoms. The first-order valence-electron chi connectivity index (χ1n) is 5.96. The van der Waals surface area contributed by atoms with Gasteiger partial charge in [0.25, 0.3) is 0 Å². The molecule has 0 bridgehead atoms. The first-order chi connectivity index (χ1) is 8.27. The molecular weight excluding hydrogens is 216 g/mol. The zero-order valence-electron chi connectivity index (χ0n) is 9.82. The lowest BCUT2D eigenvalue weighted by Crippen LogP contribution is -2.35. The lowest BCUT2D eigenvalue weighted by Gasteiger charge is -2.21. The largest absolute Gasteiger partial charge is 0.398 e. The highest BCUT2D eigenvalue weighted by Crippen LogP contribution is 2.14. The molecule has 1 aromatic rings. The summed E-state index contributed by atoms with van der Waals surface area (Å²) < 4.78 is 5.29. The molecule has 0 saturated carbocycles. The number of hydrogen-bond donors (Lipinski definition) is 2. The fourth-order valence-corrected chi connectivity index (χ4v) is 1.97. The summed E-state index contributed by atoms with van der Waals surface area (Å²) in [7, 11) is 0. The van der Waals surface area contributed by atoms with Gasteiger partial charge in [-0.3, -0.25) is 4.79 Å². The molecule has 0 aromatic heterocycles. The average molecular weight is 234 g/mol. The Morgan fingerprint density at radius 3 is 3.00 bits per heavy atom. The van der Waals surface area contributed by atoms with Crippen LogP contribution in [0, 0.1) is 5.92 Å². The van der Waals surface area contributed by atoms with E-state index in [0.717, 1.165) is 25.0 Å². The predicted molar refractivity (Wildman–Crippen MR) is 66.2 cm³/mol. The van der Waals surface area contributed by atoms with Gasteiger partial charge in [-0.05, 0) is 24.5 Å². The van der Waals surface area contributed by atoms with Gasteiger partial charge >= 0.3 is 0 Å². The lowest BCUT2D eigenvalue weighted by molar-refractivity contribution is -0.129. The molecule has 3 N–H and O–H groups in total. The summed E-state index contributed by atoms with van der Waals surface area (Å²) >= 11 is 0. The third-order valence-electron chi connectivity index (χ3n) is 3.04. The van der Waals surface area contributed by atoms with Gasteiger partial charge in [-0.15, -0.1) is 0 Å². The second-order valence-electron chi connectivity index (χ2n) is 4.33. The van der Waals surface area contributed by atoms with E-state index in [0.29, 0.717) is 18.8 Å². The minimum absolute atomic E-state index is 0.00585. The molecule has 1 aliphatic rings. The second-order valence-corrected chi connectivity index (χ2v) is 4.33. The van der Waals surface area contributed by atoms with Crippen molar-refractivity contribution >= 4 is 11.6 Å². The first kappa shape index (κ1) is 11.9. The van der Waals surface area contributed by atoms with Crippen LogP contribution in [0.15, 0.2) is 24.3 Å². The maximum atomic E-state index is 11.9. The van der Waals surface area contributed by atoms with Crippen molar-refractivity contribution in [1.82, 2.24) is 5.32 Å². The first-order valence-corrected chi connectivity index (χ1v) is 5.96. The smallest absolute Gasteiger partial charge is 0.225 e. The van der Waals surface area contributed by atoms with Crippen LogP contribution in [0.1, 0.15) is 18.4 Å². The normalized spacial score (nSPS) is 19.9. The molecule has 2 rings (SSSR count). The van der Waals surface area contributed by atoms with Gasteiger partial charge in [-0.1, -0.05) is 18.2 Å². The maximum Gasteiger partial charge on any atom is 0.225 e. The lowest BCUT2D eigenvalue weighted by atomic mass is 10.0. The van der Waals surface area contributed by atoms with Crippen molar-refractivity contribution in [2.45, 2.75) is 19.4 Å². The van der Waals surface area contributed by atoms with Crippen LogP contribution in [0.5, 0.6) is 0 Å². The van der Waals surface area contributed by atoms with Gasteiger partial charge in [0.1, 0.15) is 0 Å². The van der Waals surface area contributed by atoms with Crippen LogP contribution in [0.4, 0.5) is 5.69 Å². The van der Waals surface area contributed by atoms with Crippen molar-refractivity contribution in [2.24, 2.45) is 5.92 Å². The number of hydrogen-bond acceptors (Lipinski definition) is 3. The topological polar surface area (TPSA) is 64.3 Å². The van der Waals surface area contributed by atoms with Gasteiger partial charge in [0.2, 0.25) is 5.91 Å². The quantitative estimate of drug-likeness (QED) is 0.775. The van der Waals surface area contributed by atoms with Crippen LogP contribution in [0.2, 0.25) is 0 Å². The Balaban J connectivity index is 1.85. The Morgan fingerprint density at radius 2 is 2.29 bits per heavy atom. The molecule has 17 heavy (non-hydrogen) atoms. The highest BCUT2D eigenvalue weighted by molar-refractivity contribution is 5.79. The predicted octanol–water partition coefficient (Wildman–Crippen LogP) is 1.31. The number of carbonyl (C=O) groups is 1. The van der Waals surface area contributed by atoms with E-state index in [1.807, 2.05) is 24.3 Å². The summed E-state index contributed by atoms with van der Waals surface area (Å²) in [4.78, 5) is 11.9. The molecule has 1 aliphatic heterocycles. The molecule has 0 aliphatic carbocycles. The van der Waals surface area contributed by atoms with Gasteiger partial charge in [0, 0.05) is 18.8 Å². The average Bonchev–Trinajstić information content (AvgIpc) is 2.38. The van der Waals surface area contributed by atoms with E-state index in [1.54, 1.807) is 0 Å². The molecule has 92 valence electrons. The minimum Gasteiger partial charge on any atom is -0.398 e. The number of benzene rings is 1. The van der Waals surface area contributed by atoms with Crippen molar-refractivity contribution in [3.8, 4) is 0 Å². The van der Waals surface area contributed by atoms with Gasteiger partial charge in [0.05, 0.1) is 12.5 Å². The van der Waals surface area contributed by atoms with E-state index in [-0.39, 0.29) is 11.8 Å². The number of nitrogen functional groups attached to an aromatic ring is 1. The van der Waals surface area contributed by atoms with Gasteiger partial charge < -0.3 is 15.8 Å². The van der Waals surface area contributed by atoms with Crippen molar-refractivity contribution < 1.29 is 9.53 Å². The molecule has 4 nitrogen and oxygen atoms in total. The van der Waals surface area contributed by atoms with E-state index in [2.05, 4.69) is 5.32 Å². The van der Waals surface area contributed by atoms with Crippen molar-refractivity contribution in [1.29, 1.82) is 0 Å². The highest BCUT2D eigenvalue weighted by atomic mass is 16.5. The molecule has 1 unspecified atom stereocenters. The maximum absolute atomic E-state index is 11.9. The molecular formula is C13H18N2O2. The summed E-state index contributed by atoms with van der Waals surface area (Å²) in [5.41, 5.74) is 7.48. The van der Waals surface area contributed by atoms with Gasteiger partial charge in [0.15, 0.2) is 0 Å². The Morgan fingerprint density at radius 1 is 1.47 bits per heavy atom. The number of carbonyl (C=O) groups excluding carboxylic acids is 1. The van der Waals surface area contributed by atoms with E-state index in [1.165, 1.54) is 0 Å². The summed E-state index contributed by atoms with van der Waals surface area (Å²) in [5.74, 6) is 0.0571. The Bertz CT molecular complexity index is 387. The van der Waals surface area contributed by atoms with Gasteiger partial charge in [-0.2, -0.15) is 0 Å². The summed E-state index contributed by atoms with van der Waals surface area (Å²) in [5, 5.41) is 2.91. The van der Waals surface area contributed by atoms with E-state index >= 15 is 0 Å². The summed E-state index contributed by atoms with van der Waals surface area (Å²) in [6.45, 7) is 1.80. The van der Waals surface area contributed by atoms with E-state index in [4.69, 9.17) is 10.5 Å². The van der Waals surface area contributed by atoms with Crippen LogP contribution in [0.25, 0.3) is 0 Å². The highest BCUT2D eigenvalue weighted by Gasteiger charge is 2.21. The Kier molecular flexibility index (Phi) is 3.98. The van der Waals surface area contributed by atoms with E-state index in [9.17, 15) is 4.79 Å². The number of para-hydroxylation sites is 1. The Labute approximate surface area is 101 Å². The van der Waals surface area contributed by atoms with Crippen molar-refractivity contribution in [2.75, 3.05) is 18.9 Å². The number of amides is 1. The standard InChI is InChI=1S/C13H18N2O2/c14-12-6-2-1-4-10(12)8-15-13(16)11-5-3-7-17-9-11/h1-2,4,6,11H,3,5,7-9,14H2,(H,15,16). The third-order valence-corrected chi connectivity index (χ3v) is 3.04. The molecule has 1 fully saturated rings. The molecule has 1 aromatic carbocycles. The number of ether oxygens (including phenoxy) is 1. The number of nitrogens with one attached hydrogen (secondary N) is 1. The zero-order chi connectivity index (χ0) is 12.1. The molecule has 1 amide bonds. The Hall–Kier alpha value is -1.55. The number of anilines is 1. The fraction of sp³-hybridized carbons (Fsp3) is 0.462. The summed E-state index contributed by atoms with van der Waals surface area (Å²) in [6.07, 6.45) is 1.88. The van der Waals surface area contributed by atoms with Crippen LogP contribution in [-0.4, -0.2) is 19.1 Å². The SMILES string of the molecule is Nc1ccccc1CNC(=O)C1CCCOC1. The zero-order valence-corrected chi connectivity index (χ0v) is 9.82. The molecule has 1 atom stereocenters. The van der Waals surface area contributed by atoms with E-state index < -0.39 is 0 Å². The molecule has 1 heterocycles. The fourth-order valence-electron chi connectivity index (χ4n) is 1.97. The van der Waals surface area contributed by atoms with Crippen LogP contribution >= 0.6 is 0 Å². The number of nitrogens with two attached hydrogens (primary N) is 1. The second kappa shape index (κ2) is 5.68. The molecule has 4 heteroatoms. The van der Waals surface area contributed by atoms with Crippen LogP contribution in [-0.2, 0) is 16.1 Å². The minimum atomic E-state index is -0.00585. The van der Waals surface area contributed by atoms with Crippen molar-refractivity contribution in [3.05, 3.63) is 29.8 Å². The van der Waals surface area contributed by atoms with Crippen LogP contribution < -0.4 is 11.1 Å². The van der Waals surface area contributed by atoms with Gasteiger partial charge in [-0.25, -0.2) is 0 Å². The summed E-state index contributed by atoms with van der Waals surface area (Å²) in [6, 6.07) is 7.56. The monoisotopic (exact) mass is 234 g/mol.